The standard InChI is InChI=1S/C52H58N10O6S/c1-30-22-34(15-18-59(30)35-8-10-38-33(23-35)28-62(51(38)66)43-11-13-46(64)57-49(43)65)58-20-21-60(31(2)27-58)36-9-12-45(54-26-36)56-42-24-32(25-55-50(42)68-3)37-14-17-53-48(41(37)29-63)61-19-16-40-39-6-4-5-7-44(39)69-47(40)52(61)67/h8-10,12,14,17,23-26,30-31,34,43,63H,4-7,11,13,15-16,18-22,27-29H2,1-3H3,(H,54,56)(H,57,64,65)/t30-,31-,34?,43-/m0/s1. The van der Waals surface area contributed by atoms with Crippen LogP contribution in [0, 0.1) is 0 Å². The number of methoxy groups -OCH3 is 1. The normalized spacial score (nSPS) is 22.9. The fourth-order valence-corrected chi connectivity index (χ4v) is 13.2. The number of aliphatic hydroxyl groups excluding tert-OH is 1. The first kappa shape index (κ1) is 45.0. The molecule has 0 radical (unpaired) electrons. The highest BCUT2D eigenvalue weighted by molar-refractivity contribution is 7.14. The molecule has 5 aliphatic heterocycles. The first-order valence-electron chi connectivity index (χ1n) is 24.4. The van der Waals surface area contributed by atoms with Crippen molar-refractivity contribution in [2.75, 3.05) is 59.9 Å². The van der Waals surface area contributed by atoms with Crippen LogP contribution in [0.5, 0.6) is 5.88 Å². The van der Waals surface area contributed by atoms with Crippen LogP contribution in [0.25, 0.3) is 11.1 Å². The van der Waals surface area contributed by atoms with E-state index in [1.165, 1.54) is 28.8 Å². The summed E-state index contributed by atoms with van der Waals surface area (Å²) in [5, 5.41) is 16.6. The van der Waals surface area contributed by atoms with E-state index < -0.39 is 11.9 Å². The Morgan fingerprint density at radius 3 is 2.43 bits per heavy atom. The number of ether oxygens (including phenoxy) is 1. The van der Waals surface area contributed by atoms with Gasteiger partial charge in [-0.3, -0.25) is 34.3 Å². The molecule has 5 aromatic rings. The van der Waals surface area contributed by atoms with Crippen LogP contribution in [0.15, 0.2) is 61.1 Å². The zero-order valence-electron chi connectivity index (χ0n) is 39.4. The zero-order chi connectivity index (χ0) is 47.5. The summed E-state index contributed by atoms with van der Waals surface area (Å²) in [5.41, 5.74) is 8.99. The number of aryl methyl sites for hydroxylation is 1. The van der Waals surface area contributed by atoms with Gasteiger partial charge in [-0.15, -0.1) is 11.3 Å². The van der Waals surface area contributed by atoms with Gasteiger partial charge in [0.15, 0.2) is 0 Å². The van der Waals surface area contributed by atoms with E-state index in [0.717, 1.165) is 91.2 Å². The molecule has 17 heteroatoms. The second-order valence-corrected chi connectivity index (χ2v) is 20.5. The van der Waals surface area contributed by atoms with Gasteiger partial charge in [-0.1, -0.05) is 0 Å². The predicted octanol–water partition coefficient (Wildman–Crippen LogP) is 6.26. The van der Waals surface area contributed by atoms with Crippen LogP contribution in [0.2, 0.25) is 0 Å². The molecule has 358 valence electrons. The molecule has 3 fully saturated rings. The van der Waals surface area contributed by atoms with Gasteiger partial charge in [-0.05, 0) is 130 Å². The van der Waals surface area contributed by atoms with E-state index in [9.17, 15) is 24.3 Å². The number of benzene rings is 1. The molecule has 4 amide bonds. The fourth-order valence-electron chi connectivity index (χ4n) is 11.8. The van der Waals surface area contributed by atoms with Gasteiger partial charge in [0.05, 0.1) is 30.5 Å². The molecule has 9 heterocycles. The highest BCUT2D eigenvalue weighted by Gasteiger charge is 2.40. The van der Waals surface area contributed by atoms with Crippen molar-refractivity contribution in [1.82, 2.24) is 30.1 Å². The van der Waals surface area contributed by atoms with Crippen LogP contribution in [0.3, 0.4) is 0 Å². The van der Waals surface area contributed by atoms with E-state index in [1.54, 1.807) is 40.6 Å². The van der Waals surface area contributed by atoms with E-state index in [1.807, 2.05) is 36.5 Å². The fraction of sp³-hybridized carbons (Fsp3) is 0.442. The molecule has 3 saturated heterocycles. The van der Waals surface area contributed by atoms with Crippen LogP contribution in [0.1, 0.15) is 99.5 Å². The lowest BCUT2D eigenvalue weighted by Gasteiger charge is -2.48. The van der Waals surface area contributed by atoms with Crippen molar-refractivity contribution in [3.63, 3.8) is 0 Å². The monoisotopic (exact) mass is 950 g/mol. The molecule has 1 unspecified atom stereocenters. The number of amides is 4. The van der Waals surface area contributed by atoms with Gasteiger partial charge in [-0.2, -0.15) is 0 Å². The average Bonchev–Trinajstić information content (AvgIpc) is 3.91. The third-order valence-electron chi connectivity index (χ3n) is 15.3. The van der Waals surface area contributed by atoms with Crippen LogP contribution in [0.4, 0.5) is 28.7 Å². The molecule has 11 rings (SSSR count). The second-order valence-electron chi connectivity index (χ2n) is 19.4. The number of hydrogen-bond donors (Lipinski definition) is 3. The number of nitrogens with one attached hydrogen (secondary N) is 2. The molecule has 1 aromatic carbocycles. The summed E-state index contributed by atoms with van der Waals surface area (Å²) < 4.78 is 5.68. The third-order valence-corrected chi connectivity index (χ3v) is 16.6. The SMILES string of the molecule is COc1ncc(-c2ccnc(N3CCc4c(sc5c4CCCC5)C3=O)c2CO)cc1Nc1ccc(N2CCN(C3CCN(c4ccc5c(c4)CN([C@H]4CCC(=O)NC4=O)C5=O)[C@@H](C)C3)C[C@@H]2C)cn1. The Morgan fingerprint density at radius 1 is 0.812 bits per heavy atom. The number of pyridine rings is 3. The molecule has 3 N–H and O–H groups in total. The number of piperazine rings is 1. The summed E-state index contributed by atoms with van der Waals surface area (Å²) in [4.78, 5) is 78.8. The minimum atomic E-state index is -0.619. The maximum atomic E-state index is 14.0. The number of imide groups is 1. The Bertz CT molecular complexity index is 2850. The molecule has 4 atom stereocenters. The van der Waals surface area contributed by atoms with Crippen molar-refractivity contribution in [2.45, 2.75) is 109 Å². The summed E-state index contributed by atoms with van der Waals surface area (Å²) >= 11 is 1.64. The van der Waals surface area contributed by atoms with Crippen molar-refractivity contribution in [1.29, 1.82) is 0 Å². The zero-order valence-corrected chi connectivity index (χ0v) is 40.2. The number of hydrogen-bond acceptors (Lipinski definition) is 14. The third kappa shape index (κ3) is 8.27. The molecular formula is C52H58N10O6S. The van der Waals surface area contributed by atoms with Crippen LogP contribution >= 0.6 is 11.3 Å². The Kier molecular flexibility index (Phi) is 12.1. The number of anilines is 5. The topological polar surface area (TPSA) is 177 Å². The van der Waals surface area contributed by atoms with Gasteiger partial charge in [-0.25, -0.2) is 15.0 Å². The number of fused-ring (bicyclic) bond motifs is 4. The Morgan fingerprint density at radius 2 is 1.65 bits per heavy atom. The number of thiophene rings is 1. The number of carbonyl (C=O) groups excluding carboxylic acids is 4. The minimum Gasteiger partial charge on any atom is -0.480 e. The molecule has 4 aromatic heterocycles. The van der Waals surface area contributed by atoms with Crippen LogP contribution in [-0.2, 0) is 42.0 Å². The summed E-state index contributed by atoms with van der Waals surface area (Å²) in [7, 11) is 1.58. The minimum absolute atomic E-state index is 0.0412. The second kappa shape index (κ2) is 18.5. The van der Waals surface area contributed by atoms with E-state index in [2.05, 4.69) is 61.3 Å². The van der Waals surface area contributed by atoms with E-state index in [0.29, 0.717) is 65.9 Å². The molecule has 0 spiro atoms. The van der Waals surface area contributed by atoms with Crippen molar-refractivity contribution in [2.24, 2.45) is 0 Å². The van der Waals surface area contributed by atoms with Gasteiger partial charge >= 0.3 is 0 Å². The highest BCUT2D eigenvalue weighted by atomic mass is 32.1. The molecule has 0 bridgehead atoms. The molecular weight excluding hydrogens is 893 g/mol. The number of aliphatic hydroxyl groups is 1. The molecule has 16 nitrogen and oxygen atoms in total. The van der Waals surface area contributed by atoms with Crippen molar-refractivity contribution in [3.05, 3.63) is 98.6 Å². The maximum absolute atomic E-state index is 14.0. The maximum Gasteiger partial charge on any atom is 0.269 e. The van der Waals surface area contributed by atoms with Gasteiger partial charge in [0.25, 0.3) is 11.8 Å². The lowest BCUT2D eigenvalue weighted by molar-refractivity contribution is -0.136. The van der Waals surface area contributed by atoms with Gasteiger partial charge in [0.1, 0.15) is 23.4 Å². The lowest BCUT2D eigenvalue weighted by atomic mass is 9.92. The van der Waals surface area contributed by atoms with Crippen molar-refractivity contribution in [3.8, 4) is 17.0 Å². The summed E-state index contributed by atoms with van der Waals surface area (Å²) in [6, 6.07) is 14.3. The van der Waals surface area contributed by atoms with Crippen LogP contribution in [-0.4, -0.2) is 117 Å². The van der Waals surface area contributed by atoms with E-state index >= 15 is 0 Å². The Balaban J connectivity index is 0.721. The van der Waals surface area contributed by atoms with E-state index in [4.69, 9.17) is 9.72 Å². The number of carbonyl (C=O) groups is 4. The van der Waals surface area contributed by atoms with Crippen LogP contribution < -0.4 is 30.1 Å². The number of aromatic nitrogens is 3. The van der Waals surface area contributed by atoms with Gasteiger partial charge in [0, 0.05) is 103 Å². The van der Waals surface area contributed by atoms with Gasteiger partial charge in [0.2, 0.25) is 17.7 Å². The lowest BCUT2D eigenvalue weighted by Crippen LogP contribution is -2.58. The number of nitrogens with zero attached hydrogens (tertiary/aromatic N) is 8. The average molecular weight is 951 g/mol. The molecule has 69 heavy (non-hydrogen) atoms. The summed E-state index contributed by atoms with van der Waals surface area (Å²) in [5.74, 6) is 0.650. The predicted molar refractivity (Wildman–Crippen MR) is 265 cm³/mol. The molecule has 6 aliphatic rings. The Hall–Kier alpha value is -6.43. The first-order chi connectivity index (χ1) is 33.6. The molecule has 0 saturated carbocycles. The summed E-state index contributed by atoms with van der Waals surface area (Å²) in [6.45, 7) is 8.85. The summed E-state index contributed by atoms with van der Waals surface area (Å²) in [6.07, 6.45) is 13.2. The van der Waals surface area contributed by atoms with Crippen molar-refractivity contribution < 1.29 is 29.0 Å². The van der Waals surface area contributed by atoms with Gasteiger partial charge < -0.3 is 29.9 Å². The van der Waals surface area contributed by atoms with E-state index in [-0.39, 0.29) is 36.8 Å². The quantitative estimate of drug-likeness (QED) is 0.134. The molecule has 1 aliphatic carbocycles. The first-order valence-corrected chi connectivity index (χ1v) is 25.2. The Labute approximate surface area is 405 Å². The highest BCUT2D eigenvalue weighted by Crippen LogP contribution is 2.41. The largest absolute Gasteiger partial charge is 0.480 e. The number of rotatable bonds is 10. The number of piperidine rings is 2. The van der Waals surface area contributed by atoms with Crippen molar-refractivity contribution >= 4 is 63.7 Å². The smallest absolute Gasteiger partial charge is 0.269 e.